The summed E-state index contributed by atoms with van der Waals surface area (Å²) in [4.78, 5) is 24.8. The molecule has 1 aromatic rings. The van der Waals surface area contributed by atoms with E-state index in [-0.39, 0.29) is 5.92 Å². The largest absolute Gasteiger partial charge is 0.497 e. The van der Waals surface area contributed by atoms with Gasteiger partial charge in [-0.2, -0.15) is 0 Å². The normalized spacial score (nSPS) is 20.3. The molecule has 0 aromatic heterocycles. The Morgan fingerprint density at radius 2 is 2.04 bits per heavy atom. The van der Waals surface area contributed by atoms with Crippen molar-refractivity contribution >= 4 is 12.0 Å². The van der Waals surface area contributed by atoms with Crippen molar-refractivity contribution in [1.82, 2.24) is 10.6 Å². The van der Waals surface area contributed by atoms with Gasteiger partial charge in [0.15, 0.2) is 0 Å². The van der Waals surface area contributed by atoms with Gasteiger partial charge < -0.3 is 24.8 Å². The molecule has 0 spiro atoms. The second-order valence-electron chi connectivity index (χ2n) is 6.71. The lowest BCUT2D eigenvalue weighted by atomic mass is 9.88. The van der Waals surface area contributed by atoms with Crippen LogP contribution >= 0.6 is 0 Å². The number of esters is 1. The predicted molar refractivity (Wildman–Crippen MR) is 102 cm³/mol. The van der Waals surface area contributed by atoms with Gasteiger partial charge in [0.1, 0.15) is 17.4 Å². The summed E-state index contributed by atoms with van der Waals surface area (Å²) < 4.78 is 16.2. The second kappa shape index (κ2) is 9.30. The van der Waals surface area contributed by atoms with Gasteiger partial charge in [-0.15, -0.1) is 0 Å². The van der Waals surface area contributed by atoms with Gasteiger partial charge >= 0.3 is 12.0 Å². The molecule has 2 N–H and O–H groups in total. The number of urea groups is 1. The van der Waals surface area contributed by atoms with Crippen LogP contribution in [0.25, 0.3) is 0 Å². The minimum absolute atomic E-state index is 0.267. The van der Waals surface area contributed by atoms with E-state index in [0.29, 0.717) is 29.4 Å². The van der Waals surface area contributed by atoms with Crippen LogP contribution in [0.4, 0.5) is 4.79 Å². The lowest BCUT2D eigenvalue weighted by Gasteiger charge is -2.34. The molecule has 1 heterocycles. The Balaban J connectivity index is 2.32. The van der Waals surface area contributed by atoms with Gasteiger partial charge in [-0.25, -0.2) is 4.79 Å². The van der Waals surface area contributed by atoms with E-state index >= 15 is 0 Å². The zero-order valence-electron chi connectivity index (χ0n) is 16.3. The highest BCUT2D eigenvalue weighted by Gasteiger charge is 2.40. The molecule has 2 rings (SSSR count). The highest BCUT2D eigenvalue weighted by Crippen LogP contribution is 2.37. The third-order valence-corrected chi connectivity index (χ3v) is 4.59. The van der Waals surface area contributed by atoms with Crippen LogP contribution in [0.5, 0.6) is 11.5 Å². The Morgan fingerprint density at radius 3 is 2.67 bits per heavy atom. The minimum Gasteiger partial charge on any atom is -0.497 e. The Kier molecular flexibility index (Phi) is 7.10. The monoisotopic (exact) mass is 376 g/mol. The van der Waals surface area contributed by atoms with E-state index in [9.17, 15) is 9.59 Å². The average molecular weight is 376 g/mol. The van der Waals surface area contributed by atoms with Gasteiger partial charge in [0.2, 0.25) is 0 Å². The summed E-state index contributed by atoms with van der Waals surface area (Å²) in [7, 11) is 3.08. The van der Waals surface area contributed by atoms with Gasteiger partial charge in [-0.05, 0) is 30.5 Å². The molecular formula is C20H28N2O5. The first-order valence-electron chi connectivity index (χ1n) is 9.06. The van der Waals surface area contributed by atoms with E-state index in [4.69, 9.17) is 14.2 Å². The number of carbonyl (C=O) groups excluding carboxylic acids is 2. The smallest absolute Gasteiger partial charge is 0.319 e. The number of carbonyl (C=O) groups is 2. The average Bonchev–Trinajstić information content (AvgIpc) is 2.65. The van der Waals surface area contributed by atoms with Crippen LogP contribution in [0.3, 0.4) is 0 Å². The summed E-state index contributed by atoms with van der Waals surface area (Å²) in [6.07, 6.45) is 2.00. The van der Waals surface area contributed by atoms with Crippen molar-refractivity contribution < 1.29 is 23.8 Å². The van der Waals surface area contributed by atoms with Crippen molar-refractivity contribution in [3.05, 3.63) is 36.0 Å². The third-order valence-electron chi connectivity index (χ3n) is 4.59. The summed E-state index contributed by atoms with van der Waals surface area (Å²) in [6.45, 7) is 8.31. The number of methoxy groups -OCH3 is 2. The van der Waals surface area contributed by atoms with Crippen LogP contribution in [-0.2, 0) is 9.53 Å². The van der Waals surface area contributed by atoms with Crippen molar-refractivity contribution in [2.24, 2.45) is 11.8 Å². The Morgan fingerprint density at radius 1 is 1.30 bits per heavy atom. The van der Waals surface area contributed by atoms with Crippen LogP contribution in [0.15, 0.2) is 30.5 Å². The van der Waals surface area contributed by atoms with Gasteiger partial charge in [0.05, 0.1) is 26.9 Å². The molecule has 0 aliphatic carbocycles. The predicted octanol–water partition coefficient (Wildman–Crippen LogP) is 3.17. The maximum Gasteiger partial charge on any atom is 0.319 e. The molecule has 148 valence electrons. The van der Waals surface area contributed by atoms with E-state index in [2.05, 4.69) is 24.1 Å². The summed E-state index contributed by atoms with van der Waals surface area (Å²) in [5.41, 5.74) is 0.915. The fraction of sp³-hybridized carbons (Fsp3) is 0.500. The van der Waals surface area contributed by atoms with Gasteiger partial charge in [-0.1, -0.05) is 26.8 Å². The molecule has 7 nitrogen and oxygen atoms in total. The molecule has 0 radical (unpaired) electrons. The zero-order valence-corrected chi connectivity index (χ0v) is 16.3. The lowest BCUT2D eigenvalue weighted by molar-refractivity contribution is -0.149. The summed E-state index contributed by atoms with van der Waals surface area (Å²) >= 11 is 0. The first kappa shape index (κ1) is 20.6. The van der Waals surface area contributed by atoms with Crippen molar-refractivity contribution in [3.63, 3.8) is 0 Å². The maximum absolute atomic E-state index is 12.8. The number of nitrogens with one attached hydrogen (secondary N) is 2. The molecule has 2 amide bonds. The number of amides is 2. The Hall–Kier alpha value is -2.70. The molecule has 1 fully saturated rings. The van der Waals surface area contributed by atoms with Crippen LogP contribution in [0, 0.1) is 11.8 Å². The highest BCUT2D eigenvalue weighted by molar-refractivity contribution is 5.85. The number of ether oxygens (including phenoxy) is 3. The van der Waals surface area contributed by atoms with Crippen LogP contribution in [0.2, 0.25) is 0 Å². The molecular weight excluding hydrogens is 348 g/mol. The van der Waals surface area contributed by atoms with Crippen LogP contribution in [-0.4, -0.2) is 32.8 Å². The summed E-state index contributed by atoms with van der Waals surface area (Å²) in [5.74, 6) is 0.173. The van der Waals surface area contributed by atoms with E-state index in [1.54, 1.807) is 25.3 Å². The fourth-order valence-corrected chi connectivity index (χ4v) is 3.19. The van der Waals surface area contributed by atoms with E-state index in [1.807, 2.05) is 6.92 Å². The van der Waals surface area contributed by atoms with E-state index in [1.165, 1.54) is 7.11 Å². The van der Waals surface area contributed by atoms with Crippen LogP contribution < -0.4 is 20.1 Å². The molecule has 0 saturated carbocycles. The van der Waals surface area contributed by atoms with E-state index in [0.717, 1.165) is 12.8 Å². The highest BCUT2D eigenvalue weighted by atomic mass is 16.5. The molecule has 1 aromatic carbocycles. The van der Waals surface area contributed by atoms with Gasteiger partial charge in [0, 0.05) is 11.3 Å². The van der Waals surface area contributed by atoms with Gasteiger partial charge in [-0.3, -0.25) is 4.79 Å². The number of rotatable bonds is 8. The molecule has 1 aliphatic rings. The van der Waals surface area contributed by atoms with Crippen molar-refractivity contribution in [2.75, 3.05) is 20.8 Å². The van der Waals surface area contributed by atoms with Crippen molar-refractivity contribution in [2.45, 2.75) is 32.7 Å². The molecule has 27 heavy (non-hydrogen) atoms. The third kappa shape index (κ3) is 4.93. The molecule has 0 bridgehead atoms. The molecule has 1 aliphatic heterocycles. The quantitative estimate of drug-likeness (QED) is 0.681. The topological polar surface area (TPSA) is 85.9 Å². The minimum atomic E-state index is -0.780. The lowest BCUT2D eigenvalue weighted by Crippen LogP contribution is -2.51. The number of benzene rings is 1. The Bertz CT molecular complexity index is 704. The first-order valence-corrected chi connectivity index (χ1v) is 9.06. The fourth-order valence-electron chi connectivity index (χ4n) is 3.19. The second-order valence-corrected chi connectivity index (χ2v) is 6.71. The Labute approximate surface area is 160 Å². The van der Waals surface area contributed by atoms with Gasteiger partial charge in [0.25, 0.3) is 0 Å². The molecule has 7 heteroatoms. The SMILES string of the molecule is C=C1NC(=O)N[C@H](c2cc(OC)ccc2OC)[C@H]1C(=O)OC[C@@H](C)CCC. The molecule has 3 atom stereocenters. The first-order chi connectivity index (χ1) is 12.9. The molecule has 0 unspecified atom stereocenters. The van der Waals surface area contributed by atoms with E-state index < -0.39 is 24.0 Å². The summed E-state index contributed by atoms with van der Waals surface area (Å²) in [5, 5.41) is 5.36. The van der Waals surface area contributed by atoms with Crippen molar-refractivity contribution in [3.8, 4) is 11.5 Å². The summed E-state index contributed by atoms with van der Waals surface area (Å²) in [6, 6.07) is 4.11. The zero-order chi connectivity index (χ0) is 20.0. The van der Waals surface area contributed by atoms with Crippen molar-refractivity contribution in [1.29, 1.82) is 0 Å². The number of hydrogen-bond donors (Lipinski definition) is 2. The van der Waals surface area contributed by atoms with Crippen LogP contribution in [0.1, 0.15) is 38.3 Å². The maximum atomic E-state index is 12.8. The molecule has 1 saturated heterocycles. The number of hydrogen-bond acceptors (Lipinski definition) is 5. The standard InChI is InChI=1S/C20H28N2O5/c1-6-7-12(2)11-27-19(23)17-13(3)21-20(24)22-18(17)15-10-14(25-4)8-9-16(15)26-5/h8-10,12,17-18H,3,6-7,11H2,1-2,4-5H3,(H2,21,22,24)/t12-,17-,18+/m0/s1.